The lowest BCUT2D eigenvalue weighted by molar-refractivity contribution is 1.40. The van der Waals surface area contributed by atoms with Crippen molar-refractivity contribution < 1.29 is 0 Å². The Hall–Kier alpha value is -0.715. The summed E-state index contributed by atoms with van der Waals surface area (Å²) < 4.78 is 0. The molecule has 0 amide bonds. The van der Waals surface area contributed by atoms with Crippen LogP contribution in [0.15, 0.2) is 30.3 Å². The molecule has 0 saturated carbocycles. The molecule has 0 aliphatic heterocycles. The van der Waals surface area contributed by atoms with Gasteiger partial charge >= 0.3 is 0 Å². The van der Waals surface area contributed by atoms with E-state index in [0.29, 0.717) is 0 Å². The Balaban J connectivity index is 2.83. The molecule has 0 N–H and O–H groups in total. The van der Waals surface area contributed by atoms with E-state index in [2.05, 4.69) is 20.0 Å². The molecular formula is C7H8B. The van der Waals surface area contributed by atoms with Crippen LogP contribution in [-0.4, -0.2) is 7.85 Å². The zero-order valence-corrected chi connectivity index (χ0v) is 4.80. The second-order valence-corrected chi connectivity index (χ2v) is 1.74. The van der Waals surface area contributed by atoms with Crippen molar-refractivity contribution in [1.29, 1.82) is 0 Å². The van der Waals surface area contributed by atoms with Crippen molar-refractivity contribution >= 4 is 7.85 Å². The van der Waals surface area contributed by atoms with Gasteiger partial charge in [-0.15, -0.1) is 0 Å². The van der Waals surface area contributed by atoms with Crippen LogP contribution in [-0.2, 0) is 6.32 Å². The predicted molar refractivity (Wildman–Crippen MR) is 37.3 cm³/mol. The topological polar surface area (TPSA) is 0 Å². The minimum absolute atomic E-state index is 0.890. The lowest BCUT2D eigenvalue weighted by atomic mass is 9.97. The van der Waals surface area contributed by atoms with Gasteiger partial charge < -0.3 is 0 Å². The first-order chi connectivity index (χ1) is 3.93. The largest absolute Gasteiger partial charge is 0.0925 e. The van der Waals surface area contributed by atoms with Gasteiger partial charge in [0, 0.05) is 0 Å². The summed E-state index contributed by atoms with van der Waals surface area (Å²) in [6.45, 7) is 0. The highest BCUT2D eigenvalue weighted by Gasteiger charge is 1.80. The normalized spacial score (nSPS) is 9.00. The lowest BCUT2D eigenvalue weighted by Crippen LogP contribution is -1.78. The zero-order chi connectivity index (χ0) is 5.82. The van der Waals surface area contributed by atoms with Crippen LogP contribution in [0.5, 0.6) is 0 Å². The third kappa shape index (κ3) is 1.13. The first-order valence-corrected chi connectivity index (χ1v) is 2.76. The first kappa shape index (κ1) is 5.42. The SMILES string of the molecule is [BH]Cc1ccccc1. The van der Waals surface area contributed by atoms with Gasteiger partial charge in [0.05, 0.1) is 7.85 Å². The summed E-state index contributed by atoms with van der Waals surface area (Å²) in [5, 5.41) is 0. The van der Waals surface area contributed by atoms with Crippen molar-refractivity contribution in [3.63, 3.8) is 0 Å². The van der Waals surface area contributed by atoms with E-state index in [1.165, 1.54) is 5.56 Å². The standard InChI is InChI=1S/C7H8B/c8-6-7-4-2-1-3-5-7/h1-5,8H,6H2. The predicted octanol–water partition coefficient (Wildman–Crippen LogP) is 1.09. The maximum atomic E-state index is 3.76. The molecule has 0 aromatic heterocycles. The third-order valence-corrected chi connectivity index (χ3v) is 1.13. The van der Waals surface area contributed by atoms with Crippen molar-refractivity contribution in [3.05, 3.63) is 35.9 Å². The average molecular weight is 103 g/mol. The molecule has 0 heterocycles. The molecule has 0 bridgehead atoms. The molecular weight excluding hydrogens is 94.9 g/mol. The quantitative estimate of drug-likeness (QED) is 0.466. The van der Waals surface area contributed by atoms with Crippen LogP contribution in [0, 0.1) is 0 Å². The van der Waals surface area contributed by atoms with Gasteiger partial charge in [-0.25, -0.2) is 0 Å². The molecule has 1 rings (SSSR count). The van der Waals surface area contributed by atoms with E-state index in [1.54, 1.807) is 0 Å². The van der Waals surface area contributed by atoms with Crippen LogP contribution >= 0.6 is 0 Å². The van der Waals surface area contributed by atoms with Crippen molar-refractivity contribution in [2.24, 2.45) is 0 Å². The van der Waals surface area contributed by atoms with E-state index in [1.807, 2.05) is 18.2 Å². The van der Waals surface area contributed by atoms with Crippen LogP contribution in [0.2, 0.25) is 0 Å². The molecule has 39 valence electrons. The number of hydrogen-bond donors (Lipinski definition) is 0. The summed E-state index contributed by atoms with van der Waals surface area (Å²) in [5.41, 5.74) is 1.30. The molecule has 0 atom stereocenters. The molecule has 1 radical (unpaired) electrons. The van der Waals surface area contributed by atoms with Crippen LogP contribution in [0.4, 0.5) is 0 Å². The summed E-state index contributed by atoms with van der Waals surface area (Å²) >= 11 is 0. The van der Waals surface area contributed by atoms with Crippen LogP contribution < -0.4 is 0 Å². The smallest absolute Gasteiger partial charge is 0.0622 e. The Morgan fingerprint density at radius 2 is 1.75 bits per heavy atom. The maximum Gasteiger partial charge on any atom is 0.0925 e. The molecule has 0 aliphatic carbocycles. The summed E-state index contributed by atoms with van der Waals surface area (Å²) in [4.78, 5) is 0. The molecule has 1 heteroatoms. The second-order valence-electron chi connectivity index (χ2n) is 1.74. The Kier molecular flexibility index (Phi) is 1.73. The van der Waals surface area contributed by atoms with Gasteiger partial charge in [-0.05, 0) is 0 Å². The third-order valence-electron chi connectivity index (χ3n) is 1.13. The monoisotopic (exact) mass is 103 g/mol. The van der Waals surface area contributed by atoms with Gasteiger partial charge in [-0.1, -0.05) is 42.2 Å². The Bertz CT molecular complexity index is 146. The summed E-state index contributed by atoms with van der Waals surface area (Å²) in [6.07, 6.45) is 0.890. The summed E-state index contributed by atoms with van der Waals surface area (Å²) in [7, 11) is 3.76. The minimum atomic E-state index is 0.890. The Morgan fingerprint density at radius 3 is 2.12 bits per heavy atom. The molecule has 0 nitrogen and oxygen atoms in total. The first-order valence-electron chi connectivity index (χ1n) is 2.76. The molecule has 0 spiro atoms. The van der Waals surface area contributed by atoms with Crippen LogP contribution in [0.3, 0.4) is 0 Å². The number of hydrogen-bond acceptors (Lipinski definition) is 0. The molecule has 8 heavy (non-hydrogen) atoms. The number of benzene rings is 1. The van der Waals surface area contributed by atoms with E-state index in [-0.39, 0.29) is 0 Å². The van der Waals surface area contributed by atoms with Gasteiger partial charge in [0.15, 0.2) is 0 Å². The minimum Gasteiger partial charge on any atom is -0.0622 e. The second kappa shape index (κ2) is 2.56. The fourth-order valence-electron chi connectivity index (χ4n) is 0.645. The van der Waals surface area contributed by atoms with E-state index in [9.17, 15) is 0 Å². The number of rotatable bonds is 1. The molecule has 1 aromatic carbocycles. The molecule has 0 saturated heterocycles. The van der Waals surface area contributed by atoms with Crippen molar-refractivity contribution in [2.45, 2.75) is 6.32 Å². The Labute approximate surface area is 50.9 Å². The van der Waals surface area contributed by atoms with E-state index < -0.39 is 0 Å². The highest BCUT2D eigenvalue weighted by molar-refractivity contribution is 6.08. The van der Waals surface area contributed by atoms with Crippen LogP contribution in [0.25, 0.3) is 0 Å². The fourth-order valence-corrected chi connectivity index (χ4v) is 0.645. The maximum absolute atomic E-state index is 3.76. The van der Waals surface area contributed by atoms with Gasteiger partial charge in [0.2, 0.25) is 0 Å². The highest BCUT2D eigenvalue weighted by Crippen LogP contribution is 1.95. The van der Waals surface area contributed by atoms with Gasteiger partial charge in [-0.2, -0.15) is 0 Å². The van der Waals surface area contributed by atoms with E-state index >= 15 is 0 Å². The molecule has 0 fully saturated rings. The van der Waals surface area contributed by atoms with Gasteiger partial charge in [0.25, 0.3) is 0 Å². The van der Waals surface area contributed by atoms with Crippen molar-refractivity contribution in [2.75, 3.05) is 0 Å². The Morgan fingerprint density at radius 1 is 1.12 bits per heavy atom. The van der Waals surface area contributed by atoms with Crippen molar-refractivity contribution in [3.8, 4) is 0 Å². The van der Waals surface area contributed by atoms with Gasteiger partial charge in [-0.3, -0.25) is 0 Å². The average Bonchev–Trinajstić information content (AvgIpc) is 1.90. The molecule has 1 aromatic rings. The summed E-state index contributed by atoms with van der Waals surface area (Å²) in [5.74, 6) is 0. The lowest BCUT2D eigenvalue weighted by Gasteiger charge is -1.89. The van der Waals surface area contributed by atoms with Crippen LogP contribution in [0.1, 0.15) is 5.56 Å². The van der Waals surface area contributed by atoms with Gasteiger partial charge in [0.1, 0.15) is 0 Å². The van der Waals surface area contributed by atoms with E-state index in [0.717, 1.165) is 6.32 Å². The van der Waals surface area contributed by atoms with E-state index in [4.69, 9.17) is 0 Å². The molecule has 0 aliphatic rings. The summed E-state index contributed by atoms with van der Waals surface area (Å²) in [6, 6.07) is 10.2. The zero-order valence-electron chi connectivity index (χ0n) is 4.80. The van der Waals surface area contributed by atoms with Crippen molar-refractivity contribution in [1.82, 2.24) is 0 Å². The fraction of sp³-hybridized carbons (Fsp3) is 0.143. The highest BCUT2D eigenvalue weighted by atomic mass is 13.8. The molecule has 0 unspecified atom stereocenters.